The molecular formula is C25H25N3O2S. The van der Waals surface area contributed by atoms with Gasteiger partial charge in [0.2, 0.25) is 5.91 Å². The van der Waals surface area contributed by atoms with Crippen molar-refractivity contribution in [1.82, 2.24) is 4.90 Å². The van der Waals surface area contributed by atoms with Crippen molar-refractivity contribution < 1.29 is 9.53 Å². The lowest BCUT2D eigenvalue weighted by Crippen LogP contribution is -2.50. The van der Waals surface area contributed by atoms with Crippen LogP contribution < -0.4 is 14.5 Å². The maximum Gasteiger partial charge on any atom is 0.245 e. The fourth-order valence-electron chi connectivity index (χ4n) is 4.27. The quantitative estimate of drug-likeness (QED) is 0.601. The molecule has 0 atom stereocenters. The third-order valence-corrected chi connectivity index (χ3v) is 6.97. The van der Waals surface area contributed by atoms with Crippen LogP contribution in [0.1, 0.15) is 0 Å². The third-order valence-electron chi connectivity index (χ3n) is 5.84. The molecule has 0 bridgehead atoms. The van der Waals surface area contributed by atoms with Gasteiger partial charge >= 0.3 is 0 Å². The van der Waals surface area contributed by atoms with Gasteiger partial charge in [-0.05, 0) is 36.4 Å². The number of benzene rings is 3. The summed E-state index contributed by atoms with van der Waals surface area (Å²) in [5.41, 5.74) is 3.07. The molecule has 3 aromatic rings. The molecule has 0 aliphatic carbocycles. The number of para-hydroxylation sites is 4. The predicted molar refractivity (Wildman–Crippen MR) is 126 cm³/mol. The zero-order valence-corrected chi connectivity index (χ0v) is 18.3. The molecule has 158 valence electrons. The van der Waals surface area contributed by atoms with Crippen LogP contribution in [0, 0.1) is 0 Å². The van der Waals surface area contributed by atoms with Crippen LogP contribution in [-0.4, -0.2) is 50.6 Å². The summed E-state index contributed by atoms with van der Waals surface area (Å²) >= 11 is 1.73. The Bertz CT molecular complexity index is 1050. The van der Waals surface area contributed by atoms with E-state index < -0.39 is 0 Å². The Labute approximate surface area is 187 Å². The maximum absolute atomic E-state index is 13.5. The number of fused-ring (bicyclic) bond motifs is 2. The molecule has 0 radical (unpaired) electrons. The van der Waals surface area contributed by atoms with Crippen molar-refractivity contribution in [2.24, 2.45) is 0 Å². The molecule has 1 amide bonds. The summed E-state index contributed by atoms with van der Waals surface area (Å²) in [4.78, 5) is 22.2. The van der Waals surface area contributed by atoms with E-state index in [1.165, 1.54) is 0 Å². The third kappa shape index (κ3) is 3.89. The first-order chi connectivity index (χ1) is 15.2. The molecular weight excluding hydrogens is 406 g/mol. The summed E-state index contributed by atoms with van der Waals surface area (Å²) in [5.74, 6) is 1.01. The molecule has 0 spiro atoms. The predicted octanol–water partition coefficient (Wildman–Crippen LogP) is 4.65. The zero-order valence-electron chi connectivity index (χ0n) is 17.5. The Kier molecular flexibility index (Phi) is 5.57. The van der Waals surface area contributed by atoms with Crippen LogP contribution >= 0.6 is 11.8 Å². The fraction of sp³-hybridized carbons (Fsp3) is 0.240. The second-order valence-electron chi connectivity index (χ2n) is 7.70. The summed E-state index contributed by atoms with van der Waals surface area (Å²) in [6.07, 6.45) is 0. The molecule has 0 unspecified atom stereocenters. The van der Waals surface area contributed by atoms with Crippen LogP contribution in [-0.2, 0) is 4.79 Å². The van der Waals surface area contributed by atoms with Crippen molar-refractivity contribution in [3.63, 3.8) is 0 Å². The highest BCUT2D eigenvalue weighted by Gasteiger charge is 2.30. The van der Waals surface area contributed by atoms with Gasteiger partial charge in [0.15, 0.2) is 0 Å². The van der Waals surface area contributed by atoms with E-state index in [1.54, 1.807) is 18.9 Å². The van der Waals surface area contributed by atoms with Crippen LogP contribution in [0.25, 0.3) is 0 Å². The molecule has 1 saturated heterocycles. The highest BCUT2D eigenvalue weighted by atomic mass is 32.2. The topological polar surface area (TPSA) is 36.0 Å². The lowest BCUT2D eigenvalue weighted by molar-refractivity contribution is -0.119. The first kappa shape index (κ1) is 20.0. The number of methoxy groups -OCH3 is 1. The summed E-state index contributed by atoms with van der Waals surface area (Å²) in [5, 5.41) is 0. The van der Waals surface area contributed by atoms with E-state index in [9.17, 15) is 4.79 Å². The van der Waals surface area contributed by atoms with Gasteiger partial charge in [-0.3, -0.25) is 14.6 Å². The minimum Gasteiger partial charge on any atom is -0.495 e. The molecule has 0 saturated carbocycles. The number of carbonyl (C=O) groups excluding carboxylic acids is 1. The highest BCUT2D eigenvalue weighted by molar-refractivity contribution is 7.99. The number of carbonyl (C=O) groups is 1. The largest absolute Gasteiger partial charge is 0.495 e. The van der Waals surface area contributed by atoms with Gasteiger partial charge in [0.05, 0.1) is 30.7 Å². The number of anilines is 3. The monoisotopic (exact) mass is 431 g/mol. The van der Waals surface area contributed by atoms with Gasteiger partial charge in [0.1, 0.15) is 5.75 Å². The molecule has 0 N–H and O–H groups in total. The van der Waals surface area contributed by atoms with Crippen LogP contribution in [0.4, 0.5) is 17.1 Å². The Morgan fingerprint density at radius 1 is 0.806 bits per heavy atom. The minimum atomic E-state index is 0.117. The van der Waals surface area contributed by atoms with E-state index in [0.717, 1.165) is 58.8 Å². The van der Waals surface area contributed by atoms with E-state index in [0.29, 0.717) is 6.54 Å². The Balaban J connectivity index is 1.31. The van der Waals surface area contributed by atoms with E-state index in [4.69, 9.17) is 4.74 Å². The first-order valence-corrected chi connectivity index (χ1v) is 11.4. The van der Waals surface area contributed by atoms with Gasteiger partial charge in [-0.25, -0.2) is 0 Å². The smallest absolute Gasteiger partial charge is 0.245 e. The van der Waals surface area contributed by atoms with Gasteiger partial charge in [-0.1, -0.05) is 48.2 Å². The molecule has 6 heteroatoms. The van der Waals surface area contributed by atoms with Crippen LogP contribution in [0.5, 0.6) is 5.75 Å². The summed E-state index contributed by atoms with van der Waals surface area (Å²) in [7, 11) is 1.71. The molecule has 2 heterocycles. The number of hydrogen-bond acceptors (Lipinski definition) is 5. The van der Waals surface area contributed by atoms with Gasteiger partial charge in [0.25, 0.3) is 0 Å². The number of piperazine rings is 1. The lowest BCUT2D eigenvalue weighted by Gasteiger charge is -2.38. The van der Waals surface area contributed by atoms with Crippen molar-refractivity contribution in [2.45, 2.75) is 9.79 Å². The molecule has 31 heavy (non-hydrogen) atoms. The second kappa shape index (κ2) is 8.65. The second-order valence-corrected chi connectivity index (χ2v) is 8.79. The molecule has 5 rings (SSSR count). The summed E-state index contributed by atoms with van der Waals surface area (Å²) in [6.45, 7) is 3.84. The van der Waals surface area contributed by atoms with Crippen LogP contribution in [0.15, 0.2) is 82.6 Å². The summed E-state index contributed by atoms with van der Waals surface area (Å²) < 4.78 is 5.52. The van der Waals surface area contributed by atoms with E-state index in [2.05, 4.69) is 28.0 Å². The SMILES string of the molecule is COc1ccccc1N1CCN(CC(=O)N2c3ccccc3Sc3ccccc32)CC1. The average Bonchev–Trinajstić information content (AvgIpc) is 2.83. The van der Waals surface area contributed by atoms with Crippen molar-refractivity contribution in [3.05, 3.63) is 72.8 Å². The number of hydrogen-bond donors (Lipinski definition) is 0. The average molecular weight is 432 g/mol. The van der Waals surface area contributed by atoms with E-state index in [-0.39, 0.29) is 5.91 Å². The molecule has 2 aliphatic heterocycles. The Hall–Kier alpha value is -2.96. The summed E-state index contributed by atoms with van der Waals surface area (Å²) in [6, 6.07) is 24.4. The minimum absolute atomic E-state index is 0.117. The molecule has 2 aliphatic rings. The van der Waals surface area contributed by atoms with Crippen LogP contribution in [0.2, 0.25) is 0 Å². The zero-order chi connectivity index (χ0) is 21.2. The molecule has 1 fully saturated rings. The number of nitrogens with zero attached hydrogens (tertiary/aromatic N) is 3. The van der Waals surface area contributed by atoms with Crippen molar-refractivity contribution in [2.75, 3.05) is 49.6 Å². The fourth-order valence-corrected chi connectivity index (χ4v) is 5.33. The lowest BCUT2D eigenvalue weighted by atomic mass is 10.2. The van der Waals surface area contributed by atoms with Gasteiger partial charge in [-0.2, -0.15) is 0 Å². The van der Waals surface area contributed by atoms with Crippen molar-refractivity contribution in [1.29, 1.82) is 0 Å². The van der Waals surface area contributed by atoms with Crippen molar-refractivity contribution >= 4 is 34.7 Å². The molecule has 5 nitrogen and oxygen atoms in total. The van der Waals surface area contributed by atoms with Gasteiger partial charge in [0, 0.05) is 36.0 Å². The normalized spacial score (nSPS) is 15.9. The molecule has 0 aromatic heterocycles. The standard InChI is InChI=1S/C25H25N3O2S/c1-30-22-11-5-2-8-19(22)27-16-14-26(15-17-27)18-25(29)28-20-9-3-6-12-23(20)31-24-13-7-4-10-21(24)28/h2-13H,14-18H2,1H3. The number of amides is 1. The molecule has 3 aromatic carbocycles. The van der Waals surface area contributed by atoms with E-state index >= 15 is 0 Å². The number of rotatable bonds is 4. The first-order valence-electron chi connectivity index (χ1n) is 10.5. The van der Waals surface area contributed by atoms with E-state index in [1.807, 2.05) is 59.5 Å². The highest BCUT2D eigenvalue weighted by Crippen LogP contribution is 2.47. The Morgan fingerprint density at radius 2 is 1.35 bits per heavy atom. The van der Waals surface area contributed by atoms with Crippen LogP contribution in [0.3, 0.4) is 0 Å². The number of ether oxygens (including phenoxy) is 1. The van der Waals surface area contributed by atoms with Crippen molar-refractivity contribution in [3.8, 4) is 5.75 Å². The van der Waals surface area contributed by atoms with Gasteiger partial charge in [-0.15, -0.1) is 0 Å². The maximum atomic E-state index is 13.5. The van der Waals surface area contributed by atoms with Gasteiger partial charge < -0.3 is 9.64 Å². The Morgan fingerprint density at radius 3 is 1.97 bits per heavy atom.